The van der Waals surface area contributed by atoms with Crippen LogP contribution in [0.25, 0.3) is 0 Å². The van der Waals surface area contributed by atoms with E-state index < -0.39 is 0 Å². The normalized spacial score (nSPS) is 10.6. The summed E-state index contributed by atoms with van der Waals surface area (Å²) in [5.41, 5.74) is 4.68. The fourth-order valence-corrected chi connectivity index (χ4v) is 2.79. The van der Waals surface area contributed by atoms with Crippen LogP contribution in [0.1, 0.15) is 16.1 Å². The van der Waals surface area contributed by atoms with Crippen LogP contribution in [0, 0.1) is 13.8 Å². The molecule has 0 saturated heterocycles. The first-order valence-corrected chi connectivity index (χ1v) is 6.67. The average Bonchev–Trinajstić information content (AvgIpc) is 2.62. The molecule has 3 nitrogen and oxygen atoms in total. The lowest BCUT2D eigenvalue weighted by atomic mass is 10.2. The topological polar surface area (TPSA) is 37.8 Å². The van der Waals surface area contributed by atoms with Crippen molar-refractivity contribution in [3.63, 3.8) is 0 Å². The summed E-state index contributed by atoms with van der Waals surface area (Å²) < 4.78 is 0. The molecule has 0 aliphatic rings. The molecule has 2 rings (SSSR count). The Hall–Kier alpha value is -0.840. The minimum absolute atomic E-state index is 0.400. The van der Waals surface area contributed by atoms with Gasteiger partial charge < -0.3 is 5.32 Å². The highest BCUT2D eigenvalue weighted by atomic mass is 35.5. The summed E-state index contributed by atoms with van der Waals surface area (Å²) >= 11 is 13.5. The standard InChI is InChI=1S/C11H11Cl2N3S/c1-6-3-9(12)16-11(13)10(6)14-4-8-7(2)15-5-17-8/h3,5,14H,4H2,1-2H3. The highest BCUT2D eigenvalue weighted by molar-refractivity contribution is 7.09. The van der Waals surface area contributed by atoms with Gasteiger partial charge in [0.15, 0.2) is 5.15 Å². The summed E-state index contributed by atoms with van der Waals surface area (Å²) in [6.07, 6.45) is 0. The molecule has 0 fully saturated rings. The first-order valence-electron chi connectivity index (χ1n) is 5.03. The molecule has 90 valence electrons. The van der Waals surface area contributed by atoms with Gasteiger partial charge in [0, 0.05) is 4.88 Å². The summed E-state index contributed by atoms with van der Waals surface area (Å²) in [4.78, 5) is 9.40. The van der Waals surface area contributed by atoms with E-state index in [0.29, 0.717) is 16.9 Å². The average molecular weight is 288 g/mol. The molecule has 0 aliphatic carbocycles. The largest absolute Gasteiger partial charge is 0.377 e. The number of hydrogen-bond donors (Lipinski definition) is 1. The van der Waals surface area contributed by atoms with Crippen molar-refractivity contribution >= 4 is 40.2 Å². The zero-order chi connectivity index (χ0) is 12.4. The predicted octanol–water partition coefficient (Wildman–Crippen LogP) is 4.07. The highest BCUT2D eigenvalue weighted by Crippen LogP contribution is 2.27. The van der Waals surface area contributed by atoms with Gasteiger partial charge in [-0.1, -0.05) is 23.2 Å². The fraction of sp³-hybridized carbons (Fsp3) is 0.273. The van der Waals surface area contributed by atoms with Gasteiger partial charge in [-0.05, 0) is 25.5 Å². The van der Waals surface area contributed by atoms with E-state index in [0.717, 1.165) is 16.9 Å². The second-order valence-electron chi connectivity index (χ2n) is 3.64. The Bertz CT molecular complexity index is 516. The maximum atomic E-state index is 6.04. The van der Waals surface area contributed by atoms with Gasteiger partial charge in [0.25, 0.3) is 0 Å². The summed E-state index contributed by atoms with van der Waals surface area (Å²) in [7, 11) is 0. The molecule has 0 amide bonds. The van der Waals surface area contributed by atoms with Crippen molar-refractivity contribution in [2.75, 3.05) is 5.32 Å². The lowest BCUT2D eigenvalue weighted by molar-refractivity contribution is 1.11. The molecule has 2 aromatic rings. The maximum Gasteiger partial charge on any atom is 0.154 e. The molecule has 2 heterocycles. The van der Waals surface area contributed by atoms with Crippen molar-refractivity contribution in [2.45, 2.75) is 20.4 Å². The van der Waals surface area contributed by atoms with E-state index in [4.69, 9.17) is 23.2 Å². The number of aryl methyl sites for hydroxylation is 2. The summed E-state index contributed by atoms with van der Waals surface area (Å²) in [5.74, 6) is 0. The number of nitrogens with zero attached hydrogens (tertiary/aromatic N) is 2. The van der Waals surface area contributed by atoms with Crippen LogP contribution in [0.2, 0.25) is 10.3 Å². The Morgan fingerprint density at radius 3 is 2.71 bits per heavy atom. The number of rotatable bonds is 3. The summed E-state index contributed by atoms with van der Waals surface area (Å²) in [5, 5.41) is 4.08. The molecular weight excluding hydrogens is 277 g/mol. The molecule has 0 atom stereocenters. The third-order valence-electron chi connectivity index (χ3n) is 2.41. The molecule has 0 unspecified atom stereocenters. The van der Waals surface area contributed by atoms with Crippen LogP contribution in [-0.2, 0) is 6.54 Å². The Balaban J connectivity index is 2.17. The molecule has 0 saturated carbocycles. The Morgan fingerprint density at radius 1 is 1.35 bits per heavy atom. The van der Waals surface area contributed by atoms with Crippen LogP contribution in [0.4, 0.5) is 5.69 Å². The number of aromatic nitrogens is 2. The van der Waals surface area contributed by atoms with E-state index in [1.54, 1.807) is 17.4 Å². The van der Waals surface area contributed by atoms with Crippen molar-refractivity contribution in [3.8, 4) is 0 Å². The van der Waals surface area contributed by atoms with Gasteiger partial charge in [-0.15, -0.1) is 11.3 Å². The van der Waals surface area contributed by atoms with Crippen molar-refractivity contribution in [2.24, 2.45) is 0 Å². The third-order valence-corrected chi connectivity index (χ3v) is 3.81. The molecule has 1 N–H and O–H groups in total. The van der Waals surface area contributed by atoms with E-state index in [2.05, 4.69) is 15.3 Å². The number of pyridine rings is 1. The minimum Gasteiger partial charge on any atom is -0.377 e. The monoisotopic (exact) mass is 287 g/mol. The van der Waals surface area contributed by atoms with Gasteiger partial charge in [-0.2, -0.15) is 0 Å². The quantitative estimate of drug-likeness (QED) is 0.865. The van der Waals surface area contributed by atoms with Crippen LogP contribution in [0.3, 0.4) is 0 Å². The second-order valence-corrected chi connectivity index (χ2v) is 5.33. The van der Waals surface area contributed by atoms with E-state index in [-0.39, 0.29) is 0 Å². The molecule has 17 heavy (non-hydrogen) atoms. The van der Waals surface area contributed by atoms with Gasteiger partial charge in [0.2, 0.25) is 0 Å². The second kappa shape index (κ2) is 5.21. The van der Waals surface area contributed by atoms with Crippen LogP contribution in [-0.4, -0.2) is 9.97 Å². The van der Waals surface area contributed by atoms with Crippen molar-refractivity contribution in [1.82, 2.24) is 9.97 Å². The van der Waals surface area contributed by atoms with Crippen molar-refractivity contribution in [1.29, 1.82) is 0 Å². The lowest BCUT2D eigenvalue weighted by Crippen LogP contribution is -2.02. The predicted molar refractivity (Wildman–Crippen MR) is 73.2 cm³/mol. The Kier molecular flexibility index (Phi) is 3.86. The fourth-order valence-electron chi connectivity index (χ4n) is 1.47. The number of nitrogens with one attached hydrogen (secondary N) is 1. The molecule has 0 bridgehead atoms. The van der Waals surface area contributed by atoms with E-state index in [1.807, 2.05) is 19.4 Å². The lowest BCUT2D eigenvalue weighted by Gasteiger charge is -2.10. The van der Waals surface area contributed by atoms with Crippen LogP contribution in [0.5, 0.6) is 0 Å². The number of hydrogen-bond acceptors (Lipinski definition) is 4. The number of anilines is 1. The molecule has 6 heteroatoms. The first-order chi connectivity index (χ1) is 8.08. The molecule has 0 radical (unpaired) electrons. The maximum absolute atomic E-state index is 6.04. The van der Waals surface area contributed by atoms with Crippen molar-refractivity contribution < 1.29 is 0 Å². The van der Waals surface area contributed by atoms with E-state index >= 15 is 0 Å². The van der Waals surface area contributed by atoms with E-state index in [9.17, 15) is 0 Å². The SMILES string of the molecule is Cc1cc(Cl)nc(Cl)c1NCc1scnc1C. The first kappa shape index (κ1) is 12.6. The van der Waals surface area contributed by atoms with Gasteiger partial charge in [-0.25, -0.2) is 9.97 Å². The third kappa shape index (κ3) is 2.89. The van der Waals surface area contributed by atoms with Gasteiger partial charge in [-0.3, -0.25) is 0 Å². The molecule has 0 spiro atoms. The number of thiazole rings is 1. The van der Waals surface area contributed by atoms with Gasteiger partial charge >= 0.3 is 0 Å². The van der Waals surface area contributed by atoms with E-state index in [1.165, 1.54) is 4.88 Å². The smallest absolute Gasteiger partial charge is 0.154 e. The Labute approximate surface area is 114 Å². The zero-order valence-corrected chi connectivity index (χ0v) is 11.7. The molecular formula is C11H11Cl2N3S. The number of halogens is 2. The molecule has 2 aromatic heterocycles. The Morgan fingerprint density at radius 2 is 2.12 bits per heavy atom. The van der Waals surface area contributed by atoms with Crippen molar-refractivity contribution in [3.05, 3.63) is 38.0 Å². The molecule has 0 aromatic carbocycles. The highest BCUT2D eigenvalue weighted by Gasteiger charge is 2.08. The summed E-state index contributed by atoms with van der Waals surface area (Å²) in [6, 6.07) is 1.79. The van der Waals surface area contributed by atoms with Gasteiger partial charge in [0.1, 0.15) is 5.15 Å². The summed E-state index contributed by atoms with van der Waals surface area (Å²) in [6.45, 7) is 4.63. The van der Waals surface area contributed by atoms with Crippen LogP contribution < -0.4 is 5.32 Å². The zero-order valence-electron chi connectivity index (χ0n) is 9.42. The van der Waals surface area contributed by atoms with Crippen LogP contribution in [0.15, 0.2) is 11.6 Å². The van der Waals surface area contributed by atoms with Gasteiger partial charge in [0.05, 0.1) is 23.4 Å². The van der Waals surface area contributed by atoms with Crippen LogP contribution >= 0.6 is 34.5 Å². The molecule has 0 aliphatic heterocycles. The minimum atomic E-state index is 0.400.